The van der Waals surface area contributed by atoms with Gasteiger partial charge in [0.2, 0.25) is 0 Å². The number of nitrogens with zero attached hydrogens (tertiary/aromatic N) is 2. The van der Waals surface area contributed by atoms with Crippen LogP contribution in [-0.2, 0) is 0 Å². The number of aromatic nitrogens is 2. The Hall–Kier alpha value is -3.14. The predicted octanol–water partition coefficient (Wildman–Crippen LogP) is 4.44. The van der Waals surface area contributed by atoms with Crippen LogP contribution in [0.15, 0.2) is 67.2 Å². The molecular formula is C18H12N2O2. The smallest absolute Gasteiger partial charge is 0.282 e. The lowest BCUT2D eigenvalue weighted by Crippen LogP contribution is -2.04. The van der Waals surface area contributed by atoms with Crippen molar-refractivity contribution in [2.24, 2.45) is 0 Å². The molecule has 0 N–H and O–H groups in total. The highest BCUT2D eigenvalue weighted by Gasteiger charge is 2.21. The second-order valence-electron chi connectivity index (χ2n) is 4.89. The Balaban J connectivity index is 1.70. The Labute approximate surface area is 127 Å². The van der Waals surface area contributed by atoms with E-state index in [1.807, 2.05) is 54.6 Å². The second kappa shape index (κ2) is 5.00. The van der Waals surface area contributed by atoms with Crippen LogP contribution < -0.4 is 9.47 Å². The van der Waals surface area contributed by atoms with E-state index in [1.54, 1.807) is 6.07 Å². The van der Waals surface area contributed by atoms with Crippen LogP contribution in [-0.4, -0.2) is 10.2 Å². The maximum absolute atomic E-state index is 5.84. The molecule has 2 heterocycles. The summed E-state index contributed by atoms with van der Waals surface area (Å²) >= 11 is 0. The van der Waals surface area contributed by atoms with Crippen molar-refractivity contribution in [3.63, 3.8) is 0 Å². The summed E-state index contributed by atoms with van der Waals surface area (Å²) in [4.78, 5) is 0. The van der Waals surface area contributed by atoms with Gasteiger partial charge in [0.05, 0.1) is 5.69 Å². The van der Waals surface area contributed by atoms with E-state index in [2.05, 4.69) is 16.8 Å². The molecule has 106 valence electrons. The number of rotatable bonds is 2. The van der Waals surface area contributed by atoms with Gasteiger partial charge in [-0.1, -0.05) is 49.0 Å². The average molecular weight is 288 g/mol. The number of fused-ring (bicyclic) bond motifs is 2. The fraction of sp³-hybridized carbons (Fsp3) is 0. The normalized spacial score (nSPS) is 11.6. The van der Waals surface area contributed by atoms with E-state index in [0.29, 0.717) is 28.8 Å². The first-order valence-corrected chi connectivity index (χ1v) is 6.88. The fourth-order valence-corrected chi connectivity index (χ4v) is 2.28. The van der Waals surface area contributed by atoms with E-state index in [0.717, 1.165) is 11.1 Å². The van der Waals surface area contributed by atoms with Crippen LogP contribution in [0.25, 0.3) is 5.57 Å². The van der Waals surface area contributed by atoms with E-state index in [-0.39, 0.29) is 0 Å². The van der Waals surface area contributed by atoms with Crippen molar-refractivity contribution in [1.82, 2.24) is 10.2 Å². The van der Waals surface area contributed by atoms with Gasteiger partial charge in [-0.25, -0.2) is 0 Å². The summed E-state index contributed by atoms with van der Waals surface area (Å²) in [5.41, 5.74) is 2.44. The molecule has 22 heavy (non-hydrogen) atoms. The summed E-state index contributed by atoms with van der Waals surface area (Å²) in [5.74, 6) is 2.21. The predicted molar refractivity (Wildman–Crippen MR) is 83.2 cm³/mol. The number of hydrogen-bond acceptors (Lipinski definition) is 4. The number of ether oxygens (including phenoxy) is 2. The molecule has 4 heteroatoms. The van der Waals surface area contributed by atoms with Crippen molar-refractivity contribution in [1.29, 1.82) is 0 Å². The molecule has 0 amide bonds. The Kier molecular flexibility index (Phi) is 2.86. The fourth-order valence-electron chi connectivity index (χ4n) is 2.28. The number of hydrogen-bond donors (Lipinski definition) is 0. The van der Waals surface area contributed by atoms with Crippen molar-refractivity contribution < 1.29 is 9.47 Å². The van der Waals surface area contributed by atoms with Crippen LogP contribution in [0.1, 0.15) is 11.3 Å². The average Bonchev–Trinajstić information content (AvgIpc) is 2.59. The van der Waals surface area contributed by atoms with Crippen LogP contribution in [0.2, 0.25) is 0 Å². The van der Waals surface area contributed by atoms with Crippen molar-refractivity contribution in [2.45, 2.75) is 0 Å². The van der Waals surface area contributed by atoms with E-state index < -0.39 is 0 Å². The van der Waals surface area contributed by atoms with E-state index in [4.69, 9.17) is 9.47 Å². The SMILES string of the molecule is C=C(c1ccccc1)c1cc2c(nn1)Oc1ccccc1O2. The molecular weight excluding hydrogens is 276 g/mol. The van der Waals surface area contributed by atoms with Crippen molar-refractivity contribution >= 4 is 5.57 Å². The minimum Gasteiger partial charge on any atom is -0.448 e. The largest absolute Gasteiger partial charge is 0.448 e. The molecule has 1 aromatic heterocycles. The minimum absolute atomic E-state index is 0.364. The monoisotopic (exact) mass is 288 g/mol. The lowest BCUT2D eigenvalue weighted by molar-refractivity contribution is 0.343. The van der Waals surface area contributed by atoms with Gasteiger partial charge in [-0.05, 0) is 17.7 Å². The molecule has 0 radical (unpaired) electrons. The molecule has 0 unspecified atom stereocenters. The second-order valence-corrected chi connectivity index (χ2v) is 4.89. The van der Waals surface area contributed by atoms with Gasteiger partial charge in [0.25, 0.3) is 5.88 Å². The summed E-state index contributed by atoms with van der Waals surface area (Å²) in [6, 6.07) is 19.1. The third-order valence-corrected chi connectivity index (χ3v) is 3.43. The molecule has 2 aromatic carbocycles. The van der Waals surface area contributed by atoms with Gasteiger partial charge >= 0.3 is 0 Å². The van der Waals surface area contributed by atoms with E-state index in [9.17, 15) is 0 Å². The standard InChI is InChI=1S/C18H12N2O2/c1-12(13-7-3-2-4-8-13)14-11-17-18(20-19-14)22-16-10-6-5-9-15(16)21-17/h2-11H,1H2. The van der Waals surface area contributed by atoms with Crippen molar-refractivity contribution in [2.75, 3.05) is 0 Å². The molecule has 0 spiro atoms. The molecule has 0 saturated carbocycles. The van der Waals surface area contributed by atoms with Crippen LogP contribution in [0.5, 0.6) is 23.1 Å². The minimum atomic E-state index is 0.364. The Morgan fingerprint density at radius 2 is 1.45 bits per heavy atom. The molecule has 0 atom stereocenters. The lowest BCUT2D eigenvalue weighted by atomic mass is 10.0. The molecule has 1 aliphatic heterocycles. The molecule has 0 fully saturated rings. The molecule has 0 saturated heterocycles. The van der Waals surface area contributed by atoms with Crippen LogP contribution in [0, 0.1) is 0 Å². The molecule has 3 aromatic rings. The summed E-state index contributed by atoms with van der Waals surface area (Å²) in [7, 11) is 0. The lowest BCUT2D eigenvalue weighted by Gasteiger charge is -2.19. The van der Waals surface area contributed by atoms with Gasteiger partial charge < -0.3 is 9.47 Å². The first kappa shape index (κ1) is 12.6. The highest BCUT2D eigenvalue weighted by atomic mass is 16.6. The quantitative estimate of drug-likeness (QED) is 0.547. The van der Waals surface area contributed by atoms with Gasteiger partial charge in [-0.15, -0.1) is 10.2 Å². The molecule has 0 bridgehead atoms. The van der Waals surface area contributed by atoms with Gasteiger partial charge in [-0.3, -0.25) is 0 Å². The molecule has 4 rings (SSSR count). The highest BCUT2D eigenvalue weighted by Crippen LogP contribution is 2.44. The van der Waals surface area contributed by atoms with E-state index >= 15 is 0 Å². The highest BCUT2D eigenvalue weighted by molar-refractivity contribution is 5.76. The zero-order valence-electron chi connectivity index (χ0n) is 11.7. The number of benzene rings is 2. The van der Waals surface area contributed by atoms with Gasteiger partial charge in [0.1, 0.15) is 0 Å². The van der Waals surface area contributed by atoms with Crippen molar-refractivity contribution in [3.05, 3.63) is 78.5 Å². The van der Waals surface area contributed by atoms with Gasteiger partial charge in [-0.2, -0.15) is 0 Å². The topological polar surface area (TPSA) is 44.2 Å². The van der Waals surface area contributed by atoms with Crippen molar-refractivity contribution in [3.8, 4) is 23.1 Å². The van der Waals surface area contributed by atoms with Gasteiger partial charge in [0, 0.05) is 11.6 Å². The number of para-hydroxylation sites is 2. The Morgan fingerprint density at radius 1 is 0.773 bits per heavy atom. The summed E-state index contributed by atoms with van der Waals surface area (Å²) < 4.78 is 11.5. The summed E-state index contributed by atoms with van der Waals surface area (Å²) in [6.07, 6.45) is 0. The summed E-state index contributed by atoms with van der Waals surface area (Å²) in [6.45, 7) is 4.09. The van der Waals surface area contributed by atoms with Crippen LogP contribution >= 0.6 is 0 Å². The maximum Gasteiger partial charge on any atom is 0.282 e. The third kappa shape index (κ3) is 2.11. The molecule has 1 aliphatic rings. The van der Waals surface area contributed by atoms with Crippen LogP contribution in [0.4, 0.5) is 0 Å². The van der Waals surface area contributed by atoms with E-state index in [1.165, 1.54) is 0 Å². The van der Waals surface area contributed by atoms with Gasteiger partial charge in [0.15, 0.2) is 17.2 Å². The molecule has 4 nitrogen and oxygen atoms in total. The summed E-state index contributed by atoms with van der Waals surface area (Å²) in [5, 5.41) is 8.29. The Morgan fingerprint density at radius 3 is 2.23 bits per heavy atom. The molecule has 0 aliphatic carbocycles. The first-order valence-electron chi connectivity index (χ1n) is 6.88. The zero-order chi connectivity index (χ0) is 14.9. The first-order chi connectivity index (χ1) is 10.8. The Bertz CT molecular complexity index is 860. The third-order valence-electron chi connectivity index (χ3n) is 3.43. The van der Waals surface area contributed by atoms with Crippen LogP contribution in [0.3, 0.4) is 0 Å². The maximum atomic E-state index is 5.84. The zero-order valence-corrected chi connectivity index (χ0v) is 11.7.